The molecule has 5 N–H and O–H groups in total. The number of nitrogens with zero attached hydrogens (tertiary/aromatic N) is 5. The number of imidazole rings is 1. The molecule has 2 heterocycles. The molecule has 46 heavy (non-hydrogen) atoms. The third-order valence-corrected chi connectivity index (χ3v) is 7.30. The first-order chi connectivity index (χ1) is 22.1. The zero-order valence-corrected chi connectivity index (χ0v) is 26.5. The van der Waals surface area contributed by atoms with Gasteiger partial charge in [0.2, 0.25) is 0 Å². The minimum Gasteiger partial charge on any atom is -0.466 e. The van der Waals surface area contributed by atoms with Crippen molar-refractivity contribution >= 4 is 46.2 Å². The number of carbonyl (C=O) groups excluding carboxylic acids is 3. The maximum atomic E-state index is 13.6. The van der Waals surface area contributed by atoms with Gasteiger partial charge in [0.1, 0.15) is 23.5 Å². The van der Waals surface area contributed by atoms with Crippen LogP contribution in [0.3, 0.4) is 0 Å². The lowest BCUT2D eigenvalue weighted by molar-refractivity contribution is -0.146. The van der Waals surface area contributed by atoms with Gasteiger partial charge in [0.05, 0.1) is 30.6 Å². The smallest absolute Gasteiger partial charge is 0.324 e. The molecule has 0 saturated heterocycles. The Morgan fingerprint density at radius 2 is 1.78 bits per heavy atom. The second-order valence-corrected chi connectivity index (χ2v) is 10.8. The number of carbonyl (C=O) groups is 3. The van der Waals surface area contributed by atoms with E-state index in [2.05, 4.69) is 15.3 Å². The van der Waals surface area contributed by atoms with Crippen molar-refractivity contribution in [2.75, 3.05) is 30.1 Å². The van der Waals surface area contributed by atoms with Gasteiger partial charge in [-0.25, -0.2) is 15.0 Å². The summed E-state index contributed by atoms with van der Waals surface area (Å²) in [6.45, 7) is 6.03. The maximum Gasteiger partial charge on any atom is 0.324 e. The summed E-state index contributed by atoms with van der Waals surface area (Å²) in [6.07, 6.45) is 1.64. The highest BCUT2D eigenvalue weighted by Gasteiger charge is 2.22. The summed E-state index contributed by atoms with van der Waals surface area (Å²) in [5, 5.41) is 3.35. The fourth-order valence-electron chi connectivity index (χ4n) is 4.53. The van der Waals surface area contributed by atoms with Gasteiger partial charge in [-0.05, 0) is 67.4 Å². The number of aromatic nitrogens is 3. The molecule has 0 radical (unpaired) electrons. The first-order valence-electron chi connectivity index (χ1n) is 15.0. The van der Waals surface area contributed by atoms with Gasteiger partial charge in [-0.15, -0.1) is 0 Å². The summed E-state index contributed by atoms with van der Waals surface area (Å²) >= 11 is 0. The quantitative estimate of drug-likeness (QED) is 0.106. The molecule has 1 amide bonds. The van der Waals surface area contributed by atoms with Crippen molar-refractivity contribution in [3.05, 3.63) is 83.8 Å². The van der Waals surface area contributed by atoms with Gasteiger partial charge >= 0.3 is 11.9 Å². The first kappa shape index (κ1) is 33.6. The number of benzene rings is 2. The lowest BCUT2D eigenvalue weighted by Crippen LogP contribution is -2.37. The van der Waals surface area contributed by atoms with Crippen LogP contribution in [0.4, 0.5) is 11.5 Å². The van der Waals surface area contributed by atoms with Crippen LogP contribution in [0.1, 0.15) is 48.9 Å². The number of hydrogen-bond acceptors (Lipinski definition) is 10. The maximum absolute atomic E-state index is 13.6. The molecule has 13 heteroatoms. The zero-order valence-electron chi connectivity index (χ0n) is 26.5. The molecule has 0 fully saturated rings. The molecule has 1 unspecified atom stereocenters. The standard InChI is InChI=1S/C33H40N8O5/c1-5-45-29(42)15-17-41(27-8-6-7-16-36-27)32(43)23-11-14-26-25(18-23)39-28(40(26)4)19-37-24-12-9-22(10-13-24)31(35)38-20-46-33(44)30(34)21(2)3/h6-14,16,18,21,30,37H,5,15,17,19-20,34H2,1-4H3,(H2,35,38). The number of amidine groups is 1. The van der Waals surface area contributed by atoms with Crippen LogP contribution in [0.25, 0.3) is 11.0 Å². The molecule has 4 aromatic rings. The molecular weight excluding hydrogens is 588 g/mol. The van der Waals surface area contributed by atoms with Crippen molar-refractivity contribution in [1.29, 1.82) is 0 Å². The van der Waals surface area contributed by atoms with Crippen LogP contribution in [0.5, 0.6) is 0 Å². The van der Waals surface area contributed by atoms with E-state index in [0.717, 1.165) is 17.0 Å². The molecule has 0 saturated carbocycles. The summed E-state index contributed by atoms with van der Waals surface area (Å²) < 4.78 is 12.1. The fourth-order valence-corrected chi connectivity index (χ4v) is 4.53. The molecule has 242 valence electrons. The summed E-state index contributed by atoms with van der Waals surface area (Å²) in [7, 11) is 1.91. The van der Waals surface area contributed by atoms with E-state index in [1.165, 1.54) is 4.90 Å². The summed E-state index contributed by atoms with van der Waals surface area (Å²) in [4.78, 5) is 52.2. The van der Waals surface area contributed by atoms with Crippen LogP contribution < -0.4 is 21.7 Å². The number of esters is 2. The molecule has 1 atom stereocenters. The minimum absolute atomic E-state index is 0.0384. The van der Waals surface area contributed by atoms with Crippen molar-refractivity contribution in [2.24, 2.45) is 29.4 Å². The van der Waals surface area contributed by atoms with Crippen LogP contribution in [-0.4, -0.2) is 64.1 Å². The van der Waals surface area contributed by atoms with Gasteiger partial charge in [0, 0.05) is 36.6 Å². The van der Waals surface area contributed by atoms with Crippen molar-refractivity contribution in [1.82, 2.24) is 14.5 Å². The number of aryl methyl sites for hydroxylation is 1. The van der Waals surface area contributed by atoms with Crippen LogP contribution in [0.15, 0.2) is 71.9 Å². The van der Waals surface area contributed by atoms with Crippen LogP contribution in [0, 0.1) is 5.92 Å². The fraction of sp³-hybridized carbons (Fsp3) is 0.333. The Morgan fingerprint density at radius 1 is 1.04 bits per heavy atom. The van der Waals surface area contributed by atoms with E-state index in [9.17, 15) is 14.4 Å². The third kappa shape index (κ3) is 8.45. The highest BCUT2D eigenvalue weighted by Crippen LogP contribution is 2.21. The molecule has 2 aromatic heterocycles. The van der Waals surface area contributed by atoms with Crippen molar-refractivity contribution < 1.29 is 23.9 Å². The Labute approximate surface area is 267 Å². The van der Waals surface area contributed by atoms with Gasteiger partial charge in [-0.1, -0.05) is 19.9 Å². The molecule has 4 rings (SSSR count). The average Bonchev–Trinajstić information content (AvgIpc) is 3.38. The second-order valence-electron chi connectivity index (χ2n) is 10.8. The van der Waals surface area contributed by atoms with E-state index in [0.29, 0.717) is 29.0 Å². The lowest BCUT2D eigenvalue weighted by atomic mass is 10.1. The highest BCUT2D eigenvalue weighted by molar-refractivity contribution is 6.07. The predicted molar refractivity (Wildman–Crippen MR) is 176 cm³/mol. The van der Waals surface area contributed by atoms with E-state index in [-0.39, 0.29) is 49.9 Å². The van der Waals surface area contributed by atoms with Crippen molar-refractivity contribution in [3.8, 4) is 0 Å². The third-order valence-electron chi connectivity index (χ3n) is 7.30. The molecule has 0 aliphatic heterocycles. The number of rotatable bonds is 14. The highest BCUT2D eigenvalue weighted by atomic mass is 16.5. The number of nitrogens with one attached hydrogen (secondary N) is 1. The van der Waals surface area contributed by atoms with Crippen LogP contribution in [-0.2, 0) is 32.7 Å². The zero-order chi connectivity index (χ0) is 33.2. The Bertz CT molecular complexity index is 1690. The number of nitrogens with two attached hydrogens (primary N) is 2. The van der Waals surface area contributed by atoms with Crippen LogP contribution in [0.2, 0.25) is 0 Å². The number of pyridine rings is 1. The van der Waals surface area contributed by atoms with Gasteiger partial charge in [0.25, 0.3) is 5.91 Å². The SMILES string of the molecule is CCOC(=O)CCN(C(=O)c1ccc2c(c1)nc(CNc1ccc(/C(N)=N/COC(=O)C(N)C(C)C)cc1)n2C)c1ccccn1. The Kier molecular flexibility index (Phi) is 11.4. The Balaban J connectivity index is 1.42. The van der Waals surface area contributed by atoms with E-state index in [1.54, 1.807) is 43.5 Å². The van der Waals surface area contributed by atoms with E-state index >= 15 is 0 Å². The molecule has 13 nitrogen and oxygen atoms in total. The normalized spacial score (nSPS) is 12.2. The predicted octanol–water partition coefficient (Wildman–Crippen LogP) is 3.37. The van der Waals surface area contributed by atoms with Crippen LogP contribution >= 0.6 is 0 Å². The van der Waals surface area contributed by atoms with Gasteiger partial charge in [-0.3, -0.25) is 19.3 Å². The lowest BCUT2D eigenvalue weighted by Gasteiger charge is -2.21. The molecular formula is C33H40N8O5. The largest absolute Gasteiger partial charge is 0.466 e. The number of hydrogen-bond donors (Lipinski definition) is 3. The molecule has 0 aliphatic rings. The summed E-state index contributed by atoms with van der Waals surface area (Å²) in [5.41, 5.74) is 15.3. The molecule has 0 aliphatic carbocycles. The summed E-state index contributed by atoms with van der Waals surface area (Å²) in [6, 6.07) is 17.2. The van der Waals surface area contributed by atoms with E-state index < -0.39 is 12.0 Å². The molecule has 0 spiro atoms. The van der Waals surface area contributed by atoms with Gasteiger partial charge in [-0.2, -0.15) is 0 Å². The summed E-state index contributed by atoms with van der Waals surface area (Å²) in [5.74, 6) is 0.199. The number of amides is 1. The second kappa shape index (κ2) is 15.6. The Morgan fingerprint density at radius 3 is 2.46 bits per heavy atom. The van der Waals surface area contributed by atoms with Gasteiger partial charge in [0.15, 0.2) is 6.73 Å². The Hall–Kier alpha value is -5.30. The number of fused-ring (bicyclic) bond motifs is 1. The molecule has 0 bridgehead atoms. The number of ether oxygens (including phenoxy) is 2. The molecule has 2 aromatic carbocycles. The average molecular weight is 629 g/mol. The number of anilines is 2. The topological polar surface area (TPSA) is 180 Å². The first-order valence-corrected chi connectivity index (χ1v) is 15.0. The van der Waals surface area contributed by atoms with E-state index in [4.69, 9.17) is 25.9 Å². The monoisotopic (exact) mass is 628 g/mol. The van der Waals surface area contributed by atoms with Crippen molar-refractivity contribution in [3.63, 3.8) is 0 Å². The minimum atomic E-state index is -0.709. The van der Waals surface area contributed by atoms with Gasteiger partial charge < -0.3 is 30.8 Å². The van der Waals surface area contributed by atoms with E-state index in [1.807, 2.05) is 55.8 Å². The van der Waals surface area contributed by atoms with Crippen molar-refractivity contribution in [2.45, 2.75) is 39.8 Å². The number of aliphatic imine (C=N–C) groups is 1.